The Kier molecular flexibility index (Phi) is 70.4. The normalized spacial score (nSPS) is 12.6. The van der Waals surface area contributed by atoms with E-state index >= 15 is 0 Å². The fraction of sp³-hybridized carbons (Fsp3) is 0.921. The molecule has 1 amide bonds. The summed E-state index contributed by atoms with van der Waals surface area (Å²) in [5.41, 5.74) is 0. The van der Waals surface area contributed by atoms with Gasteiger partial charge < -0.3 is 20.3 Å². The van der Waals surface area contributed by atoms with E-state index in [0.29, 0.717) is 19.4 Å². The number of carbonyl (C=O) groups excluding carboxylic acids is 2. The summed E-state index contributed by atoms with van der Waals surface area (Å²) in [5.74, 6) is -0.0506. The van der Waals surface area contributed by atoms with Gasteiger partial charge in [-0.05, 0) is 51.4 Å². The topological polar surface area (TPSA) is 95.9 Å². The number of esters is 1. The van der Waals surface area contributed by atoms with Gasteiger partial charge >= 0.3 is 5.97 Å². The molecule has 0 radical (unpaired) electrons. The molecular formula is C76H147NO5. The van der Waals surface area contributed by atoms with Crippen LogP contribution in [0.5, 0.6) is 0 Å². The lowest BCUT2D eigenvalue weighted by molar-refractivity contribution is -0.143. The van der Waals surface area contributed by atoms with Crippen LogP contribution in [0.1, 0.15) is 425 Å². The number of ether oxygens (including phenoxy) is 1. The van der Waals surface area contributed by atoms with Crippen LogP contribution < -0.4 is 5.32 Å². The van der Waals surface area contributed by atoms with Crippen LogP contribution in [0.15, 0.2) is 24.3 Å². The molecule has 486 valence electrons. The number of hydrogen-bond donors (Lipinski definition) is 3. The molecule has 0 bridgehead atoms. The molecule has 0 aliphatic carbocycles. The van der Waals surface area contributed by atoms with E-state index in [2.05, 4.69) is 31.3 Å². The largest absolute Gasteiger partial charge is 0.466 e. The molecule has 0 spiro atoms. The highest BCUT2D eigenvalue weighted by atomic mass is 16.5. The number of allylic oxidation sites excluding steroid dienone is 3. The third-order valence-corrected chi connectivity index (χ3v) is 17.7. The molecule has 0 rings (SSSR count). The summed E-state index contributed by atoms with van der Waals surface area (Å²) < 4.78 is 5.47. The molecule has 0 aromatic rings. The molecule has 0 aromatic heterocycles. The minimum absolute atomic E-state index is 0.00877. The smallest absolute Gasteiger partial charge is 0.305 e. The lowest BCUT2D eigenvalue weighted by Gasteiger charge is -2.20. The van der Waals surface area contributed by atoms with Crippen molar-refractivity contribution in [2.45, 2.75) is 437 Å². The first-order valence-electron chi connectivity index (χ1n) is 37.6. The number of hydrogen-bond acceptors (Lipinski definition) is 5. The van der Waals surface area contributed by atoms with E-state index in [4.69, 9.17) is 4.74 Å². The lowest BCUT2D eigenvalue weighted by atomic mass is 10.0. The Morgan fingerprint density at radius 1 is 0.329 bits per heavy atom. The molecular weight excluding hydrogens is 1010 g/mol. The summed E-state index contributed by atoms with van der Waals surface area (Å²) in [5, 5.41) is 23.3. The third kappa shape index (κ3) is 67.5. The molecule has 0 heterocycles. The Hall–Kier alpha value is -1.66. The quantitative estimate of drug-likeness (QED) is 0.0320. The average Bonchev–Trinajstić information content (AvgIpc) is 3.48. The minimum atomic E-state index is -0.843. The molecule has 3 N–H and O–H groups in total. The van der Waals surface area contributed by atoms with Crippen molar-refractivity contribution in [1.82, 2.24) is 5.32 Å². The zero-order valence-corrected chi connectivity index (χ0v) is 55.8. The van der Waals surface area contributed by atoms with Gasteiger partial charge in [-0.3, -0.25) is 9.59 Å². The molecule has 6 heteroatoms. The van der Waals surface area contributed by atoms with Crippen molar-refractivity contribution in [2.24, 2.45) is 0 Å². The van der Waals surface area contributed by atoms with Gasteiger partial charge in [0.15, 0.2) is 0 Å². The summed E-state index contributed by atoms with van der Waals surface area (Å²) in [6, 6.07) is -0.626. The first kappa shape index (κ1) is 80.3. The molecule has 0 saturated carbocycles. The van der Waals surface area contributed by atoms with Crippen molar-refractivity contribution >= 4 is 11.9 Å². The van der Waals surface area contributed by atoms with E-state index in [1.807, 2.05) is 6.08 Å². The van der Waals surface area contributed by atoms with E-state index in [1.54, 1.807) is 6.08 Å². The van der Waals surface area contributed by atoms with Gasteiger partial charge in [-0.15, -0.1) is 0 Å². The van der Waals surface area contributed by atoms with Crippen molar-refractivity contribution in [3.63, 3.8) is 0 Å². The van der Waals surface area contributed by atoms with Gasteiger partial charge in [-0.2, -0.15) is 0 Å². The molecule has 0 aromatic carbocycles. The predicted molar refractivity (Wildman–Crippen MR) is 361 cm³/mol. The fourth-order valence-corrected chi connectivity index (χ4v) is 12.0. The highest BCUT2D eigenvalue weighted by Gasteiger charge is 2.18. The van der Waals surface area contributed by atoms with Crippen molar-refractivity contribution in [3.05, 3.63) is 24.3 Å². The van der Waals surface area contributed by atoms with Gasteiger partial charge in [0.25, 0.3) is 0 Å². The molecule has 0 fully saturated rings. The van der Waals surface area contributed by atoms with E-state index in [0.717, 1.165) is 44.9 Å². The lowest BCUT2D eigenvalue weighted by Crippen LogP contribution is -2.45. The van der Waals surface area contributed by atoms with Crippen molar-refractivity contribution < 1.29 is 24.5 Å². The highest BCUT2D eigenvalue weighted by molar-refractivity contribution is 5.76. The minimum Gasteiger partial charge on any atom is -0.466 e. The van der Waals surface area contributed by atoms with Gasteiger partial charge in [0.1, 0.15) is 0 Å². The van der Waals surface area contributed by atoms with E-state index in [1.165, 1.54) is 353 Å². The fourth-order valence-electron chi connectivity index (χ4n) is 12.0. The van der Waals surface area contributed by atoms with Crippen LogP contribution in [0.3, 0.4) is 0 Å². The van der Waals surface area contributed by atoms with Crippen LogP contribution in [0.4, 0.5) is 0 Å². The second-order valence-electron chi connectivity index (χ2n) is 26.0. The van der Waals surface area contributed by atoms with Crippen molar-refractivity contribution in [1.29, 1.82) is 0 Å². The number of nitrogens with one attached hydrogen (secondary N) is 1. The molecule has 0 aliphatic rings. The second kappa shape index (κ2) is 71.8. The van der Waals surface area contributed by atoms with Gasteiger partial charge in [-0.1, -0.05) is 385 Å². The number of rotatable bonds is 71. The molecule has 6 nitrogen and oxygen atoms in total. The van der Waals surface area contributed by atoms with Crippen LogP contribution in [0.2, 0.25) is 0 Å². The van der Waals surface area contributed by atoms with Gasteiger partial charge in [0, 0.05) is 12.8 Å². The summed E-state index contributed by atoms with van der Waals surface area (Å²) in [6.45, 7) is 4.91. The summed E-state index contributed by atoms with van der Waals surface area (Å²) >= 11 is 0. The maximum Gasteiger partial charge on any atom is 0.305 e. The van der Waals surface area contributed by atoms with Gasteiger partial charge in [0.05, 0.1) is 25.4 Å². The zero-order chi connectivity index (χ0) is 59.2. The standard InChI is InChI=1S/C76H147NO5/c1-3-5-7-9-11-13-15-16-17-18-19-20-21-27-30-33-36-39-42-45-49-52-56-60-64-68-74(79)73(72-78)77-75(80)69-65-61-57-53-50-46-43-40-37-34-31-28-25-23-22-24-26-29-32-35-38-41-44-47-51-55-59-63-67-71-82-76(81)70-66-62-58-54-48-14-12-10-8-6-4-2/h10,12,64,68,73-74,78-79H,3-9,11,13-63,65-67,69-72H2,1-2H3,(H,77,80)/b12-10-,68-64+. The maximum absolute atomic E-state index is 12.5. The second-order valence-corrected chi connectivity index (χ2v) is 26.0. The summed E-state index contributed by atoms with van der Waals surface area (Å²) in [6.07, 6.45) is 91.4. The number of unbranched alkanes of at least 4 members (excludes halogenated alkanes) is 58. The molecule has 82 heavy (non-hydrogen) atoms. The Morgan fingerprint density at radius 3 is 0.902 bits per heavy atom. The first-order valence-corrected chi connectivity index (χ1v) is 37.6. The first-order chi connectivity index (χ1) is 40.5. The average molecular weight is 1160 g/mol. The van der Waals surface area contributed by atoms with E-state index in [9.17, 15) is 19.8 Å². The van der Waals surface area contributed by atoms with Crippen LogP contribution in [-0.2, 0) is 14.3 Å². The number of aliphatic hydroxyl groups excluding tert-OH is 2. The van der Waals surface area contributed by atoms with Crippen molar-refractivity contribution in [3.8, 4) is 0 Å². The molecule has 0 saturated heterocycles. The van der Waals surface area contributed by atoms with E-state index in [-0.39, 0.29) is 18.5 Å². The Labute approximate surface area is 513 Å². The van der Waals surface area contributed by atoms with Crippen LogP contribution in [-0.4, -0.2) is 47.4 Å². The zero-order valence-electron chi connectivity index (χ0n) is 55.8. The van der Waals surface area contributed by atoms with E-state index < -0.39 is 12.1 Å². The number of carbonyl (C=O) groups is 2. The van der Waals surface area contributed by atoms with Crippen molar-refractivity contribution in [2.75, 3.05) is 13.2 Å². The van der Waals surface area contributed by atoms with Crippen LogP contribution in [0, 0.1) is 0 Å². The molecule has 0 aliphatic heterocycles. The Balaban J connectivity index is 3.37. The molecule has 2 atom stereocenters. The number of aliphatic hydroxyl groups is 2. The summed E-state index contributed by atoms with van der Waals surface area (Å²) in [4.78, 5) is 24.6. The van der Waals surface area contributed by atoms with Crippen LogP contribution in [0.25, 0.3) is 0 Å². The third-order valence-electron chi connectivity index (χ3n) is 17.7. The summed E-state index contributed by atoms with van der Waals surface area (Å²) in [7, 11) is 0. The highest BCUT2D eigenvalue weighted by Crippen LogP contribution is 2.20. The molecule has 2 unspecified atom stereocenters. The monoisotopic (exact) mass is 1150 g/mol. The Morgan fingerprint density at radius 2 is 0.585 bits per heavy atom. The predicted octanol–water partition coefficient (Wildman–Crippen LogP) is 24.5. The Bertz CT molecular complexity index is 1280. The van der Waals surface area contributed by atoms with Crippen LogP contribution >= 0.6 is 0 Å². The van der Waals surface area contributed by atoms with Gasteiger partial charge in [0.2, 0.25) is 5.91 Å². The maximum atomic E-state index is 12.5. The van der Waals surface area contributed by atoms with Gasteiger partial charge in [-0.25, -0.2) is 0 Å². The SMILES string of the molecule is CCCC/C=C\CCCCCCCC(=O)OCCCCCCCCCCCCCCCCCCCCCCCCCCCCCCCC(=O)NC(CO)C(O)/C=C/CCCCCCCCCCCCCCCCCCCCCCCCC. The number of amides is 1.